The maximum absolute atomic E-state index is 14.4. The number of aliphatic hydroxyl groups is 1. The normalized spacial score (nSPS) is 14.8. The standard InChI is InChI=1S/C19H19F2N3OS/c1-14(26-10-15-5-3-2-4-6-15)19(25,11-24-13-22-12-23-24)17-8-7-16(20)9-18(17)21/h2-9,12-14,25H,10-11H2,1H3. The van der Waals surface area contributed by atoms with Gasteiger partial charge in [-0.2, -0.15) is 16.9 Å². The van der Waals surface area contributed by atoms with Gasteiger partial charge in [-0.05, 0) is 11.6 Å². The number of rotatable bonds is 7. The van der Waals surface area contributed by atoms with Crippen LogP contribution in [0, 0.1) is 11.6 Å². The van der Waals surface area contributed by atoms with Gasteiger partial charge < -0.3 is 5.11 Å². The van der Waals surface area contributed by atoms with Crippen molar-refractivity contribution in [2.24, 2.45) is 0 Å². The Morgan fingerprint density at radius 2 is 1.96 bits per heavy atom. The van der Waals surface area contributed by atoms with Crippen LogP contribution < -0.4 is 0 Å². The first-order valence-corrected chi connectivity index (χ1v) is 9.20. The van der Waals surface area contributed by atoms with Crippen LogP contribution in [0.5, 0.6) is 0 Å². The summed E-state index contributed by atoms with van der Waals surface area (Å²) in [7, 11) is 0. The molecule has 0 aliphatic heterocycles. The van der Waals surface area contributed by atoms with Crippen LogP contribution in [0.3, 0.4) is 0 Å². The Balaban J connectivity index is 1.88. The molecule has 3 rings (SSSR count). The maximum Gasteiger partial charge on any atom is 0.137 e. The minimum Gasteiger partial charge on any atom is -0.382 e. The summed E-state index contributed by atoms with van der Waals surface area (Å²) < 4.78 is 29.2. The Bertz CT molecular complexity index is 845. The monoisotopic (exact) mass is 375 g/mol. The third-order valence-electron chi connectivity index (χ3n) is 4.28. The molecule has 0 aliphatic carbocycles. The number of hydrogen-bond donors (Lipinski definition) is 1. The van der Waals surface area contributed by atoms with Crippen LogP contribution in [0.15, 0.2) is 61.2 Å². The fourth-order valence-electron chi connectivity index (χ4n) is 2.77. The highest BCUT2D eigenvalue weighted by Gasteiger charge is 2.39. The van der Waals surface area contributed by atoms with Crippen LogP contribution in [0.1, 0.15) is 18.1 Å². The molecule has 136 valence electrons. The lowest BCUT2D eigenvalue weighted by molar-refractivity contribution is 0.0133. The van der Waals surface area contributed by atoms with Crippen LogP contribution in [0.25, 0.3) is 0 Å². The molecule has 0 bridgehead atoms. The molecule has 4 nitrogen and oxygen atoms in total. The molecule has 0 amide bonds. The van der Waals surface area contributed by atoms with Crippen molar-refractivity contribution in [2.75, 3.05) is 0 Å². The molecule has 0 saturated carbocycles. The van der Waals surface area contributed by atoms with Crippen LogP contribution in [0.2, 0.25) is 0 Å². The Morgan fingerprint density at radius 1 is 1.19 bits per heavy atom. The lowest BCUT2D eigenvalue weighted by atomic mass is 9.90. The van der Waals surface area contributed by atoms with Crippen molar-refractivity contribution in [3.63, 3.8) is 0 Å². The van der Waals surface area contributed by atoms with Gasteiger partial charge in [-0.1, -0.05) is 43.3 Å². The van der Waals surface area contributed by atoms with Gasteiger partial charge in [0.1, 0.15) is 29.9 Å². The summed E-state index contributed by atoms with van der Waals surface area (Å²) in [6.07, 6.45) is 2.81. The zero-order chi connectivity index (χ0) is 18.6. The van der Waals surface area contributed by atoms with Crippen molar-refractivity contribution >= 4 is 11.8 Å². The number of halogens is 2. The lowest BCUT2D eigenvalue weighted by Crippen LogP contribution is -2.41. The molecule has 2 aromatic carbocycles. The zero-order valence-corrected chi connectivity index (χ0v) is 15.0. The number of benzene rings is 2. The Hall–Kier alpha value is -2.25. The highest BCUT2D eigenvalue weighted by molar-refractivity contribution is 7.99. The molecule has 0 saturated heterocycles. The Kier molecular flexibility index (Phi) is 5.68. The van der Waals surface area contributed by atoms with E-state index in [1.165, 1.54) is 35.2 Å². The molecule has 0 aliphatic rings. The van der Waals surface area contributed by atoms with Gasteiger partial charge in [0.05, 0.1) is 6.54 Å². The van der Waals surface area contributed by atoms with Gasteiger partial charge in [-0.15, -0.1) is 0 Å². The molecule has 26 heavy (non-hydrogen) atoms. The molecular formula is C19H19F2N3OS. The first kappa shape index (κ1) is 18.5. The van der Waals surface area contributed by atoms with Crippen LogP contribution >= 0.6 is 11.8 Å². The molecule has 0 radical (unpaired) electrons. The summed E-state index contributed by atoms with van der Waals surface area (Å²) in [6.45, 7) is 1.84. The average Bonchev–Trinajstić information content (AvgIpc) is 3.13. The number of hydrogen-bond acceptors (Lipinski definition) is 4. The largest absolute Gasteiger partial charge is 0.382 e. The van der Waals surface area contributed by atoms with E-state index < -0.39 is 17.2 Å². The number of aromatic nitrogens is 3. The second-order valence-corrected chi connectivity index (χ2v) is 7.41. The molecule has 2 unspecified atom stereocenters. The first-order chi connectivity index (χ1) is 12.5. The summed E-state index contributed by atoms with van der Waals surface area (Å²) in [5, 5.41) is 15.0. The fourth-order valence-corrected chi connectivity index (χ4v) is 3.88. The van der Waals surface area contributed by atoms with E-state index in [2.05, 4.69) is 10.1 Å². The predicted octanol–water partition coefficient (Wildman–Crippen LogP) is 3.77. The quantitative estimate of drug-likeness (QED) is 0.683. The van der Waals surface area contributed by atoms with Crippen molar-refractivity contribution in [3.05, 3.63) is 83.9 Å². The highest BCUT2D eigenvalue weighted by atomic mass is 32.2. The molecule has 2 atom stereocenters. The second-order valence-electron chi connectivity index (χ2n) is 6.08. The summed E-state index contributed by atoms with van der Waals surface area (Å²) in [4.78, 5) is 3.87. The molecular weight excluding hydrogens is 356 g/mol. The first-order valence-electron chi connectivity index (χ1n) is 8.15. The van der Waals surface area contributed by atoms with Crippen molar-refractivity contribution < 1.29 is 13.9 Å². The third kappa shape index (κ3) is 4.11. The topological polar surface area (TPSA) is 50.9 Å². The van der Waals surface area contributed by atoms with Crippen molar-refractivity contribution in [1.29, 1.82) is 0 Å². The van der Waals surface area contributed by atoms with E-state index in [-0.39, 0.29) is 17.4 Å². The van der Waals surface area contributed by atoms with Gasteiger partial charge in [-0.25, -0.2) is 18.4 Å². The fraction of sp³-hybridized carbons (Fsp3) is 0.263. The summed E-state index contributed by atoms with van der Waals surface area (Å²) in [5.74, 6) is -0.802. The van der Waals surface area contributed by atoms with E-state index in [4.69, 9.17) is 0 Å². The molecule has 1 aromatic heterocycles. The zero-order valence-electron chi connectivity index (χ0n) is 14.2. The van der Waals surface area contributed by atoms with Gasteiger partial charge >= 0.3 is 0 Å². The van der Waals surface area contributed by atoms with Crippen molar-refractivity contribution in [2.45, 2.75) is 30.1 Å². The van der Waals surface area contributed by atoms with E-state index >= 15 is 0 Å². The number of thioether (sulfide) groups is 1. The van der Waals surface area contributed by atoms with Crippen molar-refractivity contribution in [1.82, 2.24) is 14.8 Å². The lowest BCUT2D eigenvalue weighted by Gasteiger charge is -2.34. The minimum atomic E-state index is -1.58. The van der Waals surface area contributed by atoms with E-state index in [1.54, 1.807) is 0 Å². The smallest absolute Gasteiger partial charge is 0.137 e. The summed E-state index contributed by atoms with van der Waals surface area (Å²) >= 11 is 1.49. The van der Waals surface area contributed by atoms with Crippen LogP contribution in [-0.4, -0.2) is 25.1 Å². The Morgan fingerprint density at radius 3 is 2.62 bits per heavy atom. The third-order valence-corrected chi connectivity index (χ3v) is 5.67. The van der Waals surface area contributed by atoms with Gasteiger partial charge in [0.15, 0.2) is 0 Å². The predicted molar refractivity (Wildman–Crippen MR) is 97.5 cm³/mol. The van der Waals surface area contributed by atoms with Crippen LogP contribution in [0.4, 0.5) is 8.78 Å². The number of nitrogens with zero attached hydrogens (tertiary/aromatic N) is 3. The van der Waals surface area contributed by atoms with E-state index in [9.17, 15) is 13.9 Å². The van der Waals surface area contributed by atoms with Crippen LogP contribution in [-0.2, 0) is 17.9 Å². The minimum absolute atomic E-state index is 0.0124. The second kappa shape index (κ2) is 7.97. The van der Waals surface area contributed by atoms with Gasteiger partial charge in [-0.3, -0.25) is 0 Å². The van der Waals surface area contributed by atoms with E-state index in [0.717, 1.165) is 17.7 Å². The molecule has 3 aromatic rings. The molecule has 1 N–H and O–H groups in total. The SMILES string of the molecule is CC(SCc1ccccc1)C(O)(Cn1cncn1)c1ccc(F)cc1F. The molecule has 7 heteroatoms. The Labute approximate surface area is 154 Å². The van der Waals surface area contributed by atoms with Gasteiger partial charge in [0, 0.05) is 22.6 Å². The molecule has 0 fully saturated rings. The summed E-state index contributed by atoms with van der Waals surface area (Å²) in [5.41, 5.74) is -0.431. The van der Waals surface area contributed by atoms with Gasteiger partial charge in [0.25, 0.3) is 0 Å². The van der Waals surface area contributed by atoms with E-state index in [0.29, 0.717) is 5.75 Å². The highest BCUT2D eigenvalue weighted by Crippen LogP contribution is 2.37. The average molecular weight is 375 g/mol. The van der Waals surface area contributed by atoms with Gasteiger partial charge in [0.2, 0.25) is 0 Å². The maximum atomic E-state index is 14.4. The summed E-state index contributed by atoms with van der Waals surface area (Å²) in [6, 6.07) is 13.1. The van der Waals surface area contributed by atoms with E-state index in [1.807, 2.05) is 37.3 Å². The van der Waals surface area contributed by atoms with Crippen molar-refractivity contribution in [3.8, 4) is 0 Å². The molecule has 1 heterocycles. The molecule has 0 spiro atoms.